The van der Waals surface area contributed by atoms with Crippen molar-refractivity contribution in [2.75, 3.05) is 19.6 Å². The molecule has 0 radical (unpaired) electrons. The molecule has 0 aliphatic carbocycles. The minimum atomic E-state index is -0.124. The van der Waals surface area contributed by atoms with E-state index in [4.69, 9.17) is 4.74 Å². The van der Waals surface area contributed by atoms with Gasteiger partial charge in [0.05, 0.1) is 11.7 Å². The van der Waals surface area contributed by atoms with Crippen LogP contribution in [-0.4, -0.2) is 42.0 Å². The number of carbonyl (C=O) groups is 1. The van der Waals surface area contributed by atoms with Gasteiger partial charge in [0.15, 0.2) is 5.78 Å². The van der Waals surface area contributed by atoms with Crippen LogP contribution >= 0.6 is 0 Å². The lowest BCUT2D eigenvalue weighted by Crippen LogP contribution is -2.52. The lowest BCUT2D eigenvalue weighted by molar-refractivity contribution is -0.128. The average Bonchev–Trinajstić information content (AvgIpc) is 2.32. The summed E-state index contributed by atoms with van der Waals surface area (Å²) in [6, 6.07) is 6.07. The molecule has 1 heterocycles. The zero-order valence-corrected chi connectivity index (χ0v) is 13.9. The molecule has 0 amide bonds. The Kier molecular flexibility index (Phi) is 4.84. The van der Waals surface area contributed by atoms with Gasteiger partial charge in [0.1, 0.15) is 0 Å². The molecule has 116 valence electrons. The Morgan fingerprint density at radius 1 is 1.29 bits per heavy atom. The highest BCUT2D eigenvalue weighted by atomic mass is 16.5. The molecule has 1 aromatic carbocycles. The molecule has 0 N–H and O–H groups in total. The van der Waals surface area contributed by atoms with Gasteiger partial charge in [0.25, 0.3) is 0 Å². The van der Waals surface area contributed by atoms with Crippen molar-refractivity contribution in [1.29, 1.82) is 0 Å². The summed E-state index contributed by atoms with van der Waals surface area (Å²) in [6.45, 7) is 13.0. The molecular weight excluding hydrogens is 262 g/mol. The van der Waals surface area contributed by atoms with Crippen LogP contribution in [0.1, 0.15) is 48.7 Å². The van der Waals surface area contributed by atoms with E-state index in [-0.39, 0.29) is 17.5 Å². The molecule has 3 heteroatoms. The summed E-state index contributed by atoms with van der Waals surface area (Å²) in [6.07, 6.45) is 0.802. The van der Waals surface area contributed by atoms with Crippen molar-refractivity contribution in [1.82, 2.24) is 4.90 Å². The Labute approximate surface area is 128 Å². The van der Waals surface area contributed by atoms with Gasteiger partial charge in [-0.25, -0.2) is 0 Å². The van der Waals surface area contributed by atoms with E-state index in [9.17, 15) is 4.79 Å². The summed E-state index contributed by atoms with van der Waals surface area (Å²) >= 11 is 0. The zero-order valence-electron chi connectivity index (χ0n) is 13.9. The van der Waals surface area contributed by atoms with Crippen molar-refractivity contribution >= 4 is 5.78 Å². The molecular formula is C18H27NO2. The summed E-state index contributed by atoms with van der Waals surface area (Å²) in [5.41, 5.74) is 3.02. The summed E-state index contributed by atoms with van der Waals surface area (Å²) in [5.74, 6) is 0.235. The fraction of sp³-hybridized carbons (Fsp3) is 0.611. The van der Waals surface area contributed by atoms with Crippen LogP contribution in [-0.2, 0) is 4.74 Å². The monoisotopic (exact) mass is 289 g/mol. The van der Waals surface area contributed by atoms with Gasteiger partial charge >= 0.3 is 0 Å². The Hall–Kier alpha value is -1.19. The predicted octanol–water partition coefficient (Wildman–Crippen LogP) is 3.38. The van der Waals surface area contributed by atoms with Crippen LogP contribution in [0.4, 0.5) is 0 Å². The molecule has 3 nitrogen and oxygen atoms in total. The summed E-state index contributed by atoms with van der Waals surface area (Å²) < 4.78 is 5.90. The first kappa shape index (κ1) is 16.2. The third-order valence-corrected chi connectivity index (χ3v) is 3.84. The van der Waals surface area contributed by atoms with Gasteiger partial charge in [0.2, 0.25) is 0 Å². The number of benzene rings is 1. The molecule has 0 bridgehead atoms. The smallest absolute Gasteiger partial charge is 0.164 e. The van der Waals surface area contributed by atoms with Crippen LogP contribution in [0.15, 0.2) is 18.2 Å². The first-order valence-corrected chi connectivity index (χ1v) is 7.77. The molecule has 1 aliphatic rings. The molecule has 21 heavy (non-hydrogen) atoms. The van der Waals surface area contributed by atoms with Gasteiger partial charge in [-0.15, -0.1) is 0 Å². The van der Waals surface area contributed by atoms with Gasteiger partial charge in [-0.3, -0.25) is 9.69 Å². The molecule has 1 unspecified atom stereocenters. The molecule has 0 aromatic heterocycles. The maximum absolute atomic E-state index is 12.4. The van der Waals surface area contributed by atoms with E-state index in [0.717, 1.165) is 36.3 Å². The largest absolute Gasteiger partial charge is 0.370 e. The van der Waals surface area contributed by atoms with Crippen LogP contribution < -0.4 is 0 Å². The molecule has 2 rings (SSSR count). The lowest BCUT2D eigenvalue weighted by atomic mass is 10.0. The first-order chi connectivity index (χ1) is 9.75. The van der Waals surface area contributed by atoms with Crippen LogP contribution in [0.25, 0.3) is 0 Å². The number of carbonyl (C=O) groups excluding carboxylic acids is 1. The minimum Gasteiger partial charge on any atom is -0.370 e. The van der Waals surface area contributed by atoms with E-state index < -0.39 is 0 Å². The minimum absolute atomic E-state index is 0.124. The molecule has 1 saturated heterocycles. The maximum atomic E-state index is 12.4. The number of morpholine rings is 1. The molecule has 0 spiro atoms. The van der Waals surface area contributed by atoms with Crippen molar-refractivity contribution in [2.24, 2.45) is 0 Å². The van der Waals surface area contributed by atoms with E-state index in [1.54, 1.807) is 0 Å². The highest BCUT2D eigenvalue weighted by Gasteiger charge is 2.31. The number of Topliss-reactive ketones (excluding diaryl/α,β-unsaturated/α-hetero) is 1. The van der Waals surface area contributed by atoms with Crippen LogP contribution in [0.5, 0.6) is 0 Å². The number of ether oxygens (including phenoxy) is 1. The molecule has 1 fully saturated rings. The number of rotatable bonds is 4. The third kappa shape index (κ3) is 4.65. The van der Waals surface area contributed by atoms with E-state index in [2.05, 4.69) is 31.7 Å². The van der Waals surface area contributed by atoms with E-state index >= 15 is 0 Å². The second kappa shape index (κ2) is 6.29. The van der Waals surface area contributed by atoms with E-state index in [0.29, 0.717) is 6.42 Å². The topological polar surface area (TPSA) is 29.5 Å². The number of aryl methyl sites for hydroxylation is 2. The van der Waals surface area contributed by atoms with Crippen molar-refractivity contribution in [2.45, 2.75) is 52.7 Å². The van der Waals surface area contributed by atoms with E-state index in [1.807, 2.05) is 26.0 Å². The third-order valence-electron chi connectivity index (χ3n) is 3.84. The van der Waals surface area contributed by atoms with E-state index in [1.165, 1.54) is 0 Å². The molecule has 0 saturated carbocycles. The number of hydrogen-bond acceptors (Lipinski definition) is 3. The van der Waals surface area contributed by atoms with Crippen LogP contribution in [0, 0.1) is 13.8 Å². The normalized spacial score (nSPS) is 22.2. The Bertz CT molecular complexity index is 502. The average molecular weight is 289 g/mol. The summed E-state index contributed by atoms with van der Waals surface area (Å²) in [4.78, 5) is 14.7. The van der Waals surface area contributed by atoms with Crippen molar-refractivity contribution in [3.05, 3.63) is 34.9 Å². The Morgan fingerprint density at radius 2 is 1.90 bits per heavy atom. The molecule has 1 aromatic rings. The van der Waals surface area contributed by atoms with Crippen LogP contribution in [0.3, 0.4) is 0 Å². The first-order valence-electron chi connectivity index (χ1n) is 7.77. The van der Waals surface area contributed by atoms with Gasteiger partial charge in [-0.05, 0) is 46.8 Å². The quantitative estimate of drug-likeness (QED) is 0.796. The van der Waals surface area contributed by atoms with Crippen molar-refractivity contribution in [3.63, 3.8) is 0 Å². The Morgan fingerprint density at radius 3 is 2.48 bits per heavy atom. The molecule has 1 aliphatic heterocycles. The number of ketones is 1. The lowest BCUT2D eigenvalue weighted by Gasteiger charge is -2.41. The SMILES string of the molecule is Cc1cc(C)cc(C(=O)CCN2CC(C)OC(C)(C)C2)c1. The number of nitrogens with zero attached hydrogens (tertiary/aromatic N) is 1. The highest BCUT2D eigenvalue weighted by Crippen LogP contribution is 2.21. The fourth-order valence-electron chi connectivity index (χ4n) is 3.30. The van der Waals surface area contributed by atoms with Gasteiger partial charge < -0.3 is 4.74 Å². The Balaban J connectivity index is 1.94. The van der Waals surface area contributed by atoms with Crippen molar-refractivity contribution in [3.8, 4) is 0 Å². The van der Waals surface area contributed by atoms with Gasteiger partial charge in [0, 0.05) is 31.6 Å². The van der Waals surface area contributed by atoms with Gasteiger partial charge in [-0.1, -0.05) is 17.2 Å². The summed E-state index contributed by atoms with van der Waals surface area (Å²) in [5, 5.41) is 0. The molecule has 1 atom stereocenters. The highest BCUT2D eigenvalue weighted by molar-refractivity contribution is 5.96. The number of hydrogen-bond donors (Lipinski definition) is 0. The summed E-state index contributed by atoms with van der Waals surface area (Å²) in [7, 11) is 0. The van der Waals surface area contributed by atoms with Crippen LogP contribution in [0.2, 0.25) is 0 Å². The standard InChI is InChI=1S/C18H27NO2/c1-13-8-14(2)10-16(9-13)17(20)6-7-19-11-15(3)21-18(4,5)12-19/h8-10,15H,6-7,11-12H2,1-5H3. The maximum Gasteiger partial charge on any atom is 0.164 e. The fourth-order valence-corrected chi connectivity index (χ4v) is 3.30. The van der Waals surface area contributed by atoms with Gasteiger partial charge in [-0.2, -0.15) is 0 Å². The van der Waals surface area contributed by atoms with Crippen molar-refractivity contribution < 1.29 is 9.53 Å². The second-order valence-electron chi connectivity index (χ2n) is 6.97. The zero-order chi connectivity index (χ0) is 15.6. The second-order valence-corrected chi connectivity index (χ2v) is 6.97. The predicted molar refractivity (Wildman–Crippen MR) is 85.9 cm³/mol.